The fourth-order valence-corrected chi connectivity index (χ4v) is 2.04. The topological polar surface area (TPSA) is 0 Å². The number of hydrogen-bond donors (Lipinski definition) is 0. The van der Waals surface area contributed by atoms with Crippen LogP contribution in [0.5, 0.6) is 0 Å². The van der Waals surface area contributed by atoms with Crippen molar-refractivity contribution < 1.29 is 8.78 Å². The molecule has 0 aromatic heterocycles. The lowest BCUT2D eigenvalue weighted by Crippen LogP contribution is -1.98. The van der Waals surface area contributed by atoms with E-state index in [4.69, 9.17) is 0 Å². The van der Waals surface area contributed by atoms with E-state index >= 15 is 0 Å². The summed E-state index contributed by atoms with van der Waals surface area (Å²) < 4.78 is 24.9. The number of alkyl halides is 2. The van der Waals surface area contributed by atoms with E-state index in [1.54, 1.807) is 12.1 Å². The average molecular weight is 198 g/mol. The van der Waals surface area contributed by atoms with E-state index in [0.29, 0.717) is 5.92 Å². The highest BCUT2D eigenvalue weighted by molar-refractivity contribution is 5.40. The minimum atomic E-state index is -2.37. The molecule has 1 aromatic carbocycles. The van der Waals surface area contributed by atoms with E-state index in [1.807, 2.05) is 13.8 Å². The fourth-order valence-electron chi connectivity index (χ4n) is 2.04. The summed E-state index contributed by atoms with van der Waals surface area (Å²) in [5.41, 5.74) is 3.25. The lowest BCUT2D eigenvalue weighted by atomic mass is 9.91. The van der Waals surface area contributed by atoms with Gasteiger partial charge in [0, 0.05) is 5.56 Å². The number of benzene rings is 1. The summed E-state index contributed by atoms with van der Waals surface area (Å²) in [6.45, 7) is 7.96. The highest BCUT2D eigenvalue weighted by atomic mass is 19.3. The first-order valence-corrected chi connectivity index (χ1v) is 4.82. The van der Waals surface area contributed by atoms with Crippen LogP contribution in [0.15, 0.2) is 12.1 Å². The summed E-state index contributed by atoms with van der Waals surface area (Å²) in [6.07, 6.45) is -2.37. The van der Waals surface area contributed by atoms with Crippen molar-refractivity contribution in [2.45, 2.75) is 40.0 Å². The minimum Gasteiger partial charge on any atom is -0.205 e. The predicted octanol–water partition coefficient (Wildman–Crippen LogP) is 4.36. The molecule has 0 saturated heterocycles. The molecule has 0 nitrogen and oxygen atoms in total. The monoisotopic (exact) mass is 198 g/mol. The fraction of sp³-hybridized carbons (Fsp3) is 0.500. The maximum atomic E-state index is 12.5. The molecule has 0 radical (unpaired) electrons. The molecule has 78 valence electrons. The lowest BCUT2D eigenvalue weighted by molar-refractivity contribution is 0.151. The van der Waals surface area contributed by atoms with Crippen molar-refractivity contribution in [3.8, 4) is 0 Å². The summed E-state index contributed by atoms with van der Waals surface area (Å²) in [5, 5.41) is 0. The van der Waals surface area contributed by atoms with Gasteiger partial charge in [0.1, 0.15) is 0 Å². The molecule has 0 atom stereocenters. The van der Waals surface area contributed by atoms with Crippen molar-refractivity contribution in [1.29, 1.82) is 0 Å². The molecule has 1 rings (SSSR count). The maximum absolute atomic E-state index is 12.5. The zero-order valence-corrected chi connectivity index (χ0v) is 9.07. The Hall–Kier alpha value is -0.920. The highest BCUT2D eigenvalue weighted by Gasteiger charge is 2.13. The summed E-state index contributed by atoms with van der Waals surface area (Å²) in [6, 6.07) is 3.18. The van der Waals surface area contributed by atoms with Crippen molar-refractivity contribution in [3.05, 3.63) is 34.4 Å². The molecule has 2 heteroatoms. The molecule has 0 aliphatic rings. The number of rotatable bonds is 2. The van der Waals surface area contributed by atoms with Crippen LogP contribution in [0.25, 0.3) is 0 Å². The first-order valence-electron chi connectivity index (χ1n) is 4.82. The van der Waals surface area contributed by atoms with Gasteiger partial charge in [-0.3, -0.25) is 0 Å². The Morgan fingerprint density at radius 3 is 1.71 bits per heavy atom. The smallest absolute Gasteiger partial charge is 0.205 e. The standard InChI is InChI=1S/C12H16F2/c1-7(2)11-8(3)5-10(12(13)14)6-9(11)4/h5-7,12H,1-4H3. The second-order valence-electron chi connectivity index (χ2n) is 4.02. The maximum Gasteiger partial charge on any atom is 0.263 e. The molecule has 1 aromatic rings. The second kappa shape index (κ2) is 4.07. The molecule has 0 N–H and O–H groups in total. The molecule has 0 saturated carbocycles. The van der Waals surface area contributed by atoms with Crippen LogP contribution in [0.2, 0.25) is 0 Å². The largest absolute Gasteiger partial charge is 0.263 e. The SMILES string of the molecule is Cc1cc(C(F)F)cc(C)c1C(C)C. The lowest BCUT2D eigenvalue weighted by Gasteiger charge is -2.15. The third-order valence-corrected chi connectivity index (χ3v) is 2.45. The van der Waals surface area contributed by atoms with Gasteiger partial charge in [0.05, 0.1) is 0 Å². The van der Waals surface area contributed by atoms with Crippen molar-refractivity contribution >= 4 is 0 Å². The van der Waals surface area contributed by atoms with Gasteiger partial charge in [-0.05, 0) is 36.5 Å². The highest BCUT2D eigenvalue weighted by Crippen LogP contribution is 2.28. The molecule has 0 fully saturated rings. The van der Waals surface area contributed by atoms with Gasteiger partial charge >= 0.3 is 0 Å². The van der Waals surface area contributed by atoms with Gasteiger partial charge in [0.2, 0.25) is 0 Å². The first-order chi connectivity index (χ1) is 6.43. The Morgan fingerprint density at radius 2 is 1.43 bits per heavy atom. The number of aryl methyl sites for hydroxylation is 2. The van der Waals surface area contributed by atoms with Gasteiger partial charge in [-0.2, -0.15) is 0 Å². The normalized spacial score (nSPS) is 11.4. The van der Waals surface area contributed by atoms with Gasteiger partial charge < -0.3 is 0 Å². The van der Waals surface area contributed by atoms with Crippen LogP contribution in [0.1, 0.15) is 48.4 Å². The van der Waals surface area contributed by atoms with Crippen molar-refractivity contribution in [2.75, 3.05) is 0 Å². The zero-order valence-electron chi connectivity index (χ0n) is 9.07. The summed E-state index contributed by atoms with van der Waals surface area (Å²) in [5.74, 6) is 0.390. The quantitative estimate of drug-likeness (QED) is 0.662. The van der Waals surface area contributed by atoms with Crippen LogP contribution < -0.4 is 0 Å². The summed E-state index contributed by atoms with van der Waals surface area (Å²) in [4.78, 5) is 0. The zero-order chi connectivity index (χ0) is 10.9. The van der Waals surface area contributed by atoms with E-state index in [0.717, 1.165) is 11.1 Å². The van der Waals surface area contributed by atoms with Crippen LogP contribution in [0, 0.1) is 13.8 Å². The minimum absolute atomic E-state index is 0.129. The molecular weight excluding hydrogens is 182 g/mol. The van der Waals surface area contributed by atoms with E-state index in [9.17, 15) is 8.78 Å². The van der Waals surface area contributed by atoms with Gasteiger partial charge in [-0.15, -0.1) is 0 Å². The molecule has 14 heavy (non-hydrogen) atoms. The van der Waals surface area contributed by atoms with Crippen LogP contribution in [0.4, 0.5) is 8.78 Å². The molecule has 0 heterocycles. The van der Waals surface area contributed by atoms with Crippen molar-refractivity contribution in [1.82, 2.24) is 0 Å². The van der Waals surface area contributed by atoms with Crippen LogP contribution in [0.3, 0.4) is 0 Å². The molecule has 0 aliphatic carbocycles. The first kappa shape index (κ1) is 11.2. The Kier molecular flexibility index (Phi) is 3.25. The van der Waals surface area contributed by atoms with Crippen LogP contribution in [-0.2, 0) is 0 Å². The van der Waals surface area contributed by atoms with E-state index < -0.39 is 6.43 Å². The third-order valence-electron chi connectivity index (χ3n) is 2.45. The second-order valence-corrected chi connectivity index (χ2v) is 4.02. The molecule has 0 unspecified atom stereocenters. The number of hydrogen-bond acceptors (Lipinski definition) is 0. The Balaban J connectivity index is 3.25. The number of halogens is 2. The summed E-state index contributed by atoms with van der Waals surface area (Å²) >= 11 is 0. The molecular formula is C12H16F2. The Bertz CT molecular complexity index is 304. The van der Waals surface area contributed by atoms with Gasteiger partial charge in [0.15, 0.2) is 0 Å². The van der Waals surface area contributed by atoms with Crippen LogP contribution in [-0.4, -0.2) is 0 Å². The Labute approximate surface area is 84.0 Å². The van der Waals surface area contributed by atoms with E-state index in [2.05, 4.69) is 13.8 Å². The van der Waals surface area contributed by atoms with Gasteiger partial charge in [-0.25, -0.2) is 8.78 Å². The molecule has 0 aliphatic heterocycles. The van der Waals surface area contributed by atoms with Crippen molar-refractivity contribution in [3.63, 3.8) is 0 Å². The van der Waals surface area contributed by atoms with Gasteiger partial charge in [-0.1, -0.05) is 26.0 Å². The molecule has 0 bridgehead atoms. The molecule has 0 spiro atoms. The Morgan fingerprint density at radius 1 is 1.00 bits per heavy atom. The van der Waals surface area contributed by atoms with E-state index in [1.165, 1.54) is 5.56 Å². The average Bonchev–Trinajstić information content (AvgIpc) is 2.01. The van der Waals surface area contributed by atoms with Crippen molar-refractivity contribution in [2.24, 2.45) is 0 Å². The molecule has 0 amide bonds. The third kappa shape index (κ3) is 2.11. The predicted molar refractivity (Wildman–Crippen MR) is 55.0 cm³/mol. The van der Waals surface area contributed by atoms with E-state index in [-0.39, 0.29) is 5.56 Å². The van der Waals surface area contributed by atoms with Gasteiger partial charge in [0.25, 0.3) is 6.43 Å². The summed E-state index contributed by atoms with van der Waals surface area (Å²) in [7, 11) is 0. The van der Waals surface area contributed by atoms with Crippen LogP contribution >= 0.6 is 0 Å².